The van der Waals surface area contributed by atoms with E-state index in [-0.39, 0.29) is 5.75 Å². The molecular weight excluding hydrogens is 274 g/mol. The van der Waals surface area contributed by atoms with Crippen LogP contribution < -0.4 is 15.4 Å². The Balaban J connectivity index is 1.92. The number of hydrogen-bond acceptors (Lipinski definition) is 4. The van der Waals surface area contributed by atoms with Crippen LogP contribution in [0.3, 0.4) is 0 Å². The number of rotatable bonds is 7. The summed E-state index contributed by atoms with van der Waals surface area (Å²) in [6.07, 6.45) is 3.79. The Morgan fingerprint density at radius 3 is 2.35 bits per heavy atom. The van der Waals surface area contributed by atoms with Gasteiger partial charge in [-0.05, 0) is 56.5 Å². The second kappa shape index (κ2) is 6.95. The molecule has 1 fully saturated rings. The Hall–Kier alpha value is -1.27. The molecule has 3 N–H and O–H groups in total. The number of anilines is 2. The van der Waals surface area contributed by atoms with Gasteiger partial charge in [0.2, 0.25) is 10.0 Å². The van der Waals surface area contributed by atoms with Gasteiger partial charge in [0, 0.05) is 24.5 Å². The number of sulfonamides is 1. The van der Waals surface area contributed by atoms with E-state index in [1.54, 1.807) is 0 Å². The van der Waals surface area contributed by atoms with Crippen molar-refractivity contribution < 1.29 is 8.42 Å². The lowest BCUT2D eigenvalue weighted by atomic mass is 10.2. The van der Waals surface area contributed by atoms with E-state index in [4.69, 9.17) is 5.73 Å². The van der Waals surface area contributed by atoms with Gasteiger partial charge in [0.05, 0.1) is 5.75 Å². The van der Waals surface area contributed by atoms with Crippen LogP contribution in [-0.2, 0) is 10.0 Å². The van der Waals surface area contributed by atoms with Crippen LogP contribution >= 0.6 is 0 Å². The Labute approximate surface area is 121 Å². The first-order valence-corrected chi connectivity index (χ1v) is 8.81. The van der Waals surface area contributed by atoms with Crippen molar-refractivity contribution >= 4 is 21.4 Å². The Bertz CT molecular complexity index is 508. The van der Waals surface area contributed by atoms with Crippen LogP contribution in [0, 0.1) is 0 Å². The lowest BCUT2D eigenvalue weighted by molar-refractivity contribution is 0.597. The molecule has 1 aromatic rings. The maximum absolute atomic E-state index is 11.9. The highest BCUT2D eigenvalue weighted by Gasteiger charge is 2.13. The molecule has 0 spiro atoms. The SMILES string of the molecule is NCCCCS(=O)(=O)Nc1ccc(N2CCCC2)cc1. The molecule has 0 aliphatic carbocycles. The number of unbranched alkanes of at least 4 members (excludes halogenated alkanes) is 1. The summed E-state index contributed by atoms with van der Waals surface area (Å²) in [7, 11) is -3.26. The second-order valence-corrected chi connectivity index (χ2v) is 7.00. The summed E-state index contributed by atoms with van der Waals surface area (Å²) in [6.45, 7) is 2.70. The molecule has 1 aliphatic rings. The van der Waals surface area contributed by atoms with Gasteiger partial charge in [-0.1, -0.05) is 0 Å². The molecule has 5 nitrogen and oxygen atoms in total. The van der Waals surface area contributed by atoms with Crippen molar-refractivity contribution in [2.24, 2.45) is 5.73 Å². The third-order valence-corrected chi connectivity index (χ3v) is 4.85. The maximum Gasteiger partial charge on any atom is 0.232 e. The Kier molecular flexibility index (Phi) is 5.25. The molecule has 1 heterocycles. The molecule has 112 valence electrons. The molecule has 1 aliphatic heterocycles. The van der Waals surface area contributed by atoms with Crippen LogP contribution in [0.25, 0.3) is 0 Å². The summed E-state index contributed by atoms with van der Waals surface area (Å²) in [5.41, 5.74) is 7.15. The fourth-order valence-electron chi connectivity index (χ4n) is 2.38. The zero-order valence-corrected chi connectivity index (χ0v) is 12.5. The molecule has 1 saturated heterocycles. The summed E-state index contributed by atoms with van der Waals surface area (Å²) >= 11 is 0. The summed E-state index contributed by atoms with van der Waals surface area (Å²) in [5, 5.41) is 0. The van der Waals surface area contributed by atoms with Gasteiger partial charge in [0.15, 0.2) is 0 Å². The molecule has 0 saturated carbocycles. The van der Waals surface area contributed by atoms with Crippen LogP contribution in [-0.4, -0.2) is 33.8 Å². The van der Waals surface area contributed by atoms with Crippen molar-refractivity contribution in [2.45, 2.75) is 25.7 Å². The minimum absolute atomic E-state index is 0.123. The highest BCUT2D eigenvalue weighted by Crippen LogP contribution is 2.22. The van der Waals surface area contributed by atoms with Crippen LogP contribution in [0.4, 0.5) is 11.4 Å². The van der Waals surface area contributed by atoms with Gasteiger partial charge in [-0.2, -0.15) is 0 Å². The predicted octanol–water partition coefficient (Wildman–Crippen LogP) is 1.77. The van der Waals surface area contributed by atoms with Gasteiger partial charge in [-0.25, -0.2) is 8.42 Å². The molecule has 0 radical (unpaired) electrons. The molecule has 2 rings (SSSR count). The van der Waals surface area contributed by atoms with Gasteiger partial charge in [0.1, 0.15) is 0 Å². The molecule has 0 aromatic heterocycles. The number of nitrogens with zero attached hydrogens (tertiary/aromatic N) is 1. The molecule has 0 bridgehead atoms. The van der Waals surface area contributed by atoms with Gasteiger partial charge in [-0.3, -0.25) is 4.72 Å². The lowest BCUT2D eigenvalue weighted by Crippen LogP contribution is -2.19. The topological polar surface area (TPSA) is 75.4 Å². The van der Waals surface area contributed by atoms with Crippen LogP contribution in [0.5, 0.6) is 0 Å². The number of nitrogens with two attached hydrogens (primary N) is 1. The van der Waals surface area contributed by atoms with E-state index < -0.39 is 10.0 Å². The first kappa shape index (κ1) is 15.1. The minimum Gasteiger partial charge on any atom is -0.372 e. The van der Waals surface area contributed by atoms with Crippen LogP contribution in [0.15, 0.2) is 24.3 Å². The molecule has 0 amide bonds. The van der Waals surface area contributed by atoms with E-state index in [1.807, 2.05) is 24.3 Å². The Morgan fingerprint density at radius 2 is 1.75 bits per heavy atom. The average molecular weight is 297 g/mol. The predicted molar refractivity (Wildman–Crippen MR) is 83.6 cm³/mol. The minimum atomic E-state index is -3.26. The first-order chi connectivity index (χ1) is 9.61. The smallest absolute Gasteiger partial charge is 0.232 e. The normalized spacial score (nSPS) is 15.6. The fraction of sp³-hybridized carbons (Fsp3) is 0.571. The van der Waals surface area contributed by atoms with Gasteiger partial charge in [0.25, 0.3) is 0 Å². The zero-order valence-electron chi connectivity index (χ0n) is 11.7. The quantitative estimate of drug-likeness (QED) is 0.752. The van der Waals surface area contributed by atoms with E-state index in [0.717, 1.165) is 25.2 Å². The van der Waals surface area contributed by atoms with Crippen LogP contribution in [0.2, 0.25) is 0 Å². The third kappa shape index (κ3) is 4.38. The van der Waals surface area contributed by atoms with Crippen molar-refractivity contribution in [2.75, 3.05) is 35.0 Å². The average Bonchev–Trinajstić information content (AvgIpc) is 2.93. The van der Waals surface area contributed by atoms with E-state index in [2.05, 4.69) is 9.62 Å². The molecule has 20 heavy (non-hydrogen) atoms. The molecular formula is C14H23N3O2S. The Morgan fingerprint density at radius 1 is 1.10 bits per heavy atom. The lowest BCUT2D eigenvalue weighted by Gasteiger charge is -2.18. The van der Waals surface area contributed by atoms with Crippen molar-refractivity contribution in [1.82, 2.24) is 0 Å². The van der Waals surface area contributed by atoms with Crippen molar-refractivity contribution in [3.8, 4) is 0 Å². The number of benzene rings is 1. The highest BCUT2D eigenvalue weighted by molar-refractivity contribution is 7.92. The van der Waals surface area contributed by atoms with Crippen molar-refractivity contribution in [3.63, 3.8) is 0 Å². The molecule has 6 heteroatoms. The summed E-state index contributed by atoms with van der Waals surface area (Å²) in [6, 6.07) is 7.61. The van der Waals surface area contributed by atoms with Crippen molar-refractivity contribution in [1.29, 1.82) is 0 Å². The van der Waals surface area contributed by atoms with E-state index in [9.17, 15) is 8.42 Å². The van der Waals surface area contributed by atoms with Gasteiger partial charge < -0.3 is 10.6 Å². The summed E-state index contributed by atoms with van der Waals surface area (Å²) < 4.78 is 26.3. The molecule has 1 aromatic carbocycles. The third-order valence-electron chi connectivity index (χ3n) is 3.48. The standard InChI is InChI=1S/C14H23N3O2S/c15-9-1-4-12-20(18,19)16-13-5-7-14(8-6-13)17-10-2-3-11-17/h5-8,16H,1-4,9-12,15H2. The monoisotopic (exact) mass is 297 g/mol. The van der Waals surface area contributed by atoms with Crippen molar-refractivity contribution in [3.05, 3.63) is 24.3 Å². The summed E-state index contributed by atoms with van der Waals surface area (Å²) in [4.78, 5) is 2.32. The fourth-order valence-corrected chi connectivity index (χ4v) is 3.56. The largest absolute Gasteiger partial charge is 0.372 e. The van der Waals surface area contributed by atoms with E-state index >= 15 is 0 Å². The number of hydrogen-bond donors (Lipinski definition) is 2. The van der Waals surface area contributed by atoms with Crippen LogP contribution in [0.1, 0.15) is 25.7 Å². The summed E-state index contributed by atoms with van der Waals surface area (Å²) in [5.74, 6) is 0.123. The first-order valence-electron chi connectivity index (χ1n) is 7.16. The van der Waals surface area contributed by atoms with E-state index in [0.29, 0.717) is 18.7 Å². The van der Waals surface area contributed by atoms with Gasteiger partial charge in [-0.15, -0.1) is 0 Å². The van der Waals surface area contributed by atoms with Gasteiger partial charge >= 0.3 is 0 Å². The van der Waals surface area contributed by atoms with E-state index in [1.165, 1.54) is 12.8 Å². The zero-order chi connectivity index (χ0) is 14.4. The molecule has 0 unspecified atom stereocenters. The highest BCUT2D eigenvalue weighted by atomic mass is 32.2. The second-order valence-electron chi connectivity index (χ2n) is 5.16. The molecule has 0 atom stereocenters. The number of nitrogens with one attached hydrogen (secondary N) is 1. The maximum atomic E-state index is 11.9.